The van der Waals surface area contributed by atoms with Crippen LogP contribution < -0.4 is 10.1 Å². The SMILES string of the molecule is Cc1ccc(OCCNC(=O)Cc2ccc(Cl)c(Cl)c2)cc1. The second kappa shape index (κ2) is 8.06. The Morgan fingerprint density at radius 3 is 2.50 bits per heavy atom. The highest BCUT2D eigenvalue weighted by Crippen LogP contribution is 2.22. The quantitative estimate of drug-likeness (QED) is 0.808. The maximum absolute atomic E-state index is 11.8. The molecule has 0 bridgehead atoms. The average Bonchev–Trinajstić information content (AvgIpc) is 2.49. The summed E-state index contributed by atoms with van der Waals surface area (Å²) in [7, 11) is 0. The zero-order valence-corrected chi connectivity index (χ0v) is 13.7. The van der Waals surface area contributed by atoms with Crippen LogP contribution in [0, 0.1) is 6.92 Å². The van der Waals surface area contributed by atoms with E-state index >= 15 is 0 Å². The van der Waals surface area contributed by atoms with Crippen LogP contribution in [0.3, 0.4) is 0 Å². The zero-order chi connectivity index (χ0) is 15.9. The second-order valence-corrected chi connectivity index (χ2v) is 5.75. The lowest BCUT2D eigenvalue weighted by molar-refractivity contribution is -0.120. The molecule has 5 heteroatoms. The van der Waals surface area contributed by atoms with Crippen molar-refractivity contribution in [3.63, 3.8) is 0 Å². The molecule has 2 rings (SSSR count). The van der Waals surface area contributed by atoms with Gasteiger partial charge >= 0.3 is 0 Å². The minimum absolute atomic E-state index is 0.0779. The summed E-state index contributed by atoms with van der Waals surface area (Å²) in [5.41, 5.74) is 2.01. The van der Waals surface area contributed by atoms with E-state index in [0.717, 1.165) is 11.3 Å². The maximum atomic E-state index is 11.8. The standard InChI is InChI=1S/C17H17Cl2NO2/c1-12-2-5-14(6-3-12)22-9-8-20-17(21)11-13-4-7-15(18)16(19)10-13/h2-7,10H,8-9,11H2,1H3,(H,20,21). The molecule has 0 saturated carbocycles. The minimum Gasteiger partial charge on any atom is -0.492 e. The first-order chi connectivity index (χ1) is 10.5. The minimum atomic E-state index is -0.0779. The highest BCUT2D eigenvalue weighted by atomic mass is 35.5. The molecule has 0 atom stereocenters. The van der Waals surface area contributed by atoms with Gasteiger partial charge in [0.15, 0.2) is 0 Å². The topological polar surface area (TPSA) is 38.3 Å². The predicted molar refractivity (Wildman–Crippen MR) is 89.8 cm³/mol. The molecule has 116 valence electrons. The van der Waals surface area contributed by atoms with Gasteiger partial charge in [0, 0.05) is 0 Å². The molecule has 2 aromatic rings. The van der Waals surface area contributed by atoms with Gasteiger partial charge in [-0.15, -0.1) is 0 Å². The highest BCUT2D eigenvalue weighted by Gasteiger charge is 2.05. The van der Waals surface area contributed by atoms with E-state index in [9.17, 15) is 4.79 Å². The van der Waals surface area contributed by atoms with Crippen molar-refractivity contribution < 1.29 is 9.53 Å². The molecule has 0 radical (unpaired) electrons. The van der Waals surface area contributed by atoms with E-state index in [4.69, 9.17) is 27.9 Å². The molecule has 1 amide bonds. The van der Waals surface area contributed by atoms with E-state index in [1.807, 2.05) is 31.2 Å². The molecule has 0 aliphatic carbocycles. The smallest absolute Gasteiger partial charge is 0.224 e. The number of hydrogen-bond donors (Lipinski definition) is 1. The monoisotopic (exact) mass is 337 g/mol. The van der Waals surface area contributed by atoms with Crippen LogP contribution in [0.2, 0.25) is 10.0 Å². The summed E-state index contributed by atoms with van der Waals surface area (Å²) in [5, 5.41) is 3.74. The first-order valence-electron chi connectivity index (χ1n) is 6.94. The Bertz CT molecular complexity index is 642. The largest absolute Gasteiger partial charge is 0.492 e. The van der Waals surface area contributed by atoms with Crippen LogP contribution in [0.1, 0.15) is 11.1 Å². The van der Waals surface area contributed by atoms with Gasteiger partial charge in [-0.2, -0.15) is 0 Å². The van der Waals surface area contributed by atoms with E-state index < -0.39 is 0 Å². The Morgan fingerprint density at radius 2 is 1.82 bits per heavy atom. The Labute approximate surface area is 140 Å². The number of ether oxygens (including phenoxy) is 1. The Kier molecular flexibility index (Phi) is 6.10. The molecule has 1 N–H and O–H groups in total. The Balaban J connectivity index is 1.71. The van der Waals surface area contributed by atoms with Crippen molar-refractivity contribution in [2.75, 3.05) is 13.2 Å². The maximum Gasteiger partial charge on any atom is 0.224 e. The van der Waals surface area contributed by atoms with Gasteiger partial charge < -0.3 is 10.1 Å². The van der Waals surface area contributed by atoms with Crippen LogP contribution >= 0.6 is 23.2 Å². The molecule has 2 aromatic carbocycles. The molecule has 0 heterocycles. The molecule has 0 aliphatic heterocycles. The van der Waals surface area contributed by atoms with Gasteiger partial charge in [-0.3, -0.25) is 4.79 Å². The summed E-state index contributed by atoms with van der Waals surface area (Å²) < 4.78 is 5.54. The van der Waals surface area contributed by atoms with E-state index in [-0.39, 0.29) is 12.3 Å². The van der Waals surface area contributed by atoms with E-state index in [1.54, 1.807) is 18.2 Å². The second-order valence-electron chi connectivity index (χ2n) is 4.94. The third-order valence-corrected chi connectivity index (χ3v) is 3.80. The number of carbonyl (C=O) groups excluding carboxylic acids is 1. The van der Waals surface area contributed by atoms with Crippen LogP contribution in [0.15, 0.2) is 42.5 Å². The summed E-state index contributed by atoms with van der Waals surface area (Å²) in [5.74, 6) is 0.718. The summed E-state index contributed by atoms with van der Waals surface area (Å²) in [6, 6.07) is 13.0. The molecule has 0 saturated heterocycles. The van der Waals surface area contributed by atoms with Gasteiger partial charge in [0.1, 0.15) is 12.4 Å². The first kappa shape index (κ1) is 16.7. The van der Waals surface area contributed by atoms with Gasteiger partial charge in [0.25, 0.3) is 0 Å². The molecule has 0 aliphatic rings. The average molecular weight is 338 g/mol. The predicted octanol–water partition coefficient (Wildman–Crippen LogP) is 4.04. The lowest BCUT2D eigenvalue weighted by atomic mass is 10.1. The fraction of sp³-hybridized carbons (Fsp3) is 0.235. The molecular formula is C17H17Cl2NO2. The van der Waals surface area contributed by atoms with Crippen molar-refractivity contribution in [3.05, 3.63) is 63.6 Å². The molecule has 0 fully saturated rings. The molecule has 0 unspecified atom stereocenters. The third-order valence-electron chi connectivity index (χ3n) is 3.06. The van der Waals surface area contributed by atoms with Crippen molar-refractivity contribution >= 4 is 29.1 Å². The normalized spacial score (nSPS) is 10.3. The summed E-state index contributed by atoms with van der Waals surface area (Å²) in [6.45, 7) is 2.90. The summed E-state index contributed by atoms with van der Waals surface area (Å²) in [4.78, 5) is 11.8. The van der Waals surface area contributed by atoms with Crippen LogP contribution in [0.5, 0.6) is 5.75 Å². The van der Waals surface area contributed by atoms with E-state index in [1.165, 1.54) is 5.56 Å². The van der Waals surface area contributed by atoms with Gasteiger partial charge in [0.05, 0.1) is 23.0 Å². The van der Waals surface area contributed by atoms with Gasteiger partial charge in [0.2, 0.25) is 5.91 Å². The Morgan fingerprint density at radius 1 is 1.09 bits per heavy atom. The summed E-state index contributed by atoms with van der Waals surface area (Å²) in [6.07, 6.45) is 0.265. The van der Waals surface area contributed by atoms with Crippen molar-refractivity contribution in [2.45, 2.75) is 13.3 Å². The number of carbonyl (C=O) groups is 1. The number of nitrogens with one attached hydrogen (secondary N) is 1. The fourth-order valence-electron chi connectivity index (χ4n) is 1.89. The number of halogens is 2. The third kappa shape index (κ3) is 5.24. The van der Waals surface area contributed by atoms with Crippen molar-refractivity contribution in [2.24, 2.45) is 0 Å². The van der Waals surface area contributed by atoms with Crippen LogP contribution in [-0.4, -0.2) is 19.1 Å². The number of benzene rings is 2. The van der Waals surface area contributed by atoms with Crippen LogP contribution in [0.4, 0.5) is 0 Å². The van der Waals surface area contributed by atoms with E-state index in [0.29, 0.717) is 23.2 Å². The molecule has 0 aromatic heterocycles. The molecule has 22 heavy (non-hydrogen) atoms. The van der Waals surface area contributed by atoms with Gasteiger partial charge in [-0.25, -0.2) is 0 Å². The number of rotatable bonds is 6. The van der Waals surface area contributed by atoms with Gasteiger partial charge in [-0.05, 0) is 36.8 Å². The highest BCUT2D eigenvalue weighted by molar-refractivity contribution is 6.42. The fourth-order valence-corrected chi connectivity index (χ4v) is 2.21. The van der Waals surface area contributed by atoms with Crippen molar-refractivity contribution in [1.29, 1.82) is 0 Å². The zero-order valence-electron chi connectivity index (χ0n) is 12.2. The summed E-state index contributed by atoms with van der Waals surface area (Å²) >= 11 is 11.8. The molecular weight excluding hydrogens is 321 g/mol. The van der Waals surface area contributed by atoms with Crippen LogP contribution in [-0.2, 0) is 11.2 Å². The molecule has 3 nitrogen and oxygen atoms in total. The van der Waals surface area contributed by atoms with Crippen LogP contribution in [0.25, 0.3) is 0 Å². The van der Waals surface area contributed by atoms with E-state index in [2.05, 4.69) is 5.32 Å². The number of amides is 1. The molecule has 0 spiro atoms. The van der Waals surface area contributed by atoms with Crippen molar-refractivity contribution in [1.82, 2.24) is 5.32 Å². The van der Waals surface area contributed by atoms with Gasteiger partial charge in [-0.1, -0.05) is 47.0 Å². The number of aryl methyl sites for hydroxylation is 1. The lowest BCUT2D eigenvalue weighted by Gasteiger charge is -2.08. The number of hydrogen-bond acceptors (Lipinski definition) is 2. The van der Waals surface area contributed by atoms with Crippen molar-refractivity contribution in [3.8, 4) is 5.75 Å². The Hall–Kier alpha value is -1.71. The lowest BCUT2D eigenvalue weighted by Crippen LogP contribution is -2.29. The first-order valence-corrected chi connectivity index (χ1v) is 7.70.